The van der Waals surface area contributed by atoms with Gasteiger partial charge in [-0.3, -0.25) is 4.79 Å². The van der Waals surface area contributed by atoms with E-state index in [4.69, 9.17) is 0 Å². The molecule has 1 rings (SSSR count). The molecule has 1 amide bonds. The van der Waals surface area contributed by atoms with Gasteiger partial charge < -0.3 is 9.80 Å². The SMILES string of the molecule is CCN(CC)CCN(C(C)=O)c1c(C)cccc1C. The largest absolute Gasteiger partial charge is 0.311 e. The summed E-state index contributed by atoms with van der Waals surface area (Å²) in [6, 6.07) is 6.17. The smallest absolute Gasteiger partial charge is 0.223 e. The van der Waals surface area contributed by atoms with Gasteiger partial charge in [-0.05, 0) is 38.1 Å². The van der Waals surface area contributed by atoms with E-state index in [0.29, 0.717) is 0 Å². The van der Waals surface area contributed by atoms with Gasteiger partial charge in [-0.2, -0.15) is 0 Å². The first-order valence-corrected chi connectivity index (χ1v) is 7.07. The van der Waals surface area contributed by atoms with Gasteiger partial charge in [-0.1, -0.05) is 32.0 Å². The molecule has 1 aromatic rings. The van der Waals surface area contributed by atoms with Crippen molar-refractivity contribution in [3.8, 4) is 0 Å². The molecular formula is C16H26N2O. The highest BCUT2D eigenvalue weighted by Crippen LogP contribution is 2.24. The molecule has 1 aromatic carbocycles. The molecule has 0 unspecified atom stereocenters. The van der Waals surface area contributed by atoms with Crippen molar-refractivity contribution in [1.29, 1.82) is 0 Å². The van der Waals surface area contributed by atoms with E-state index in [2.05, 4.69) is 44.7 Å². The van der Waals surface area contributed by atoms with Crippen molar-refractivity contribution < 1.29 is 4.79 Å². The van der Waals surface area contributed by atoms with Crippen molar-refractivity contribution >= 4 is 11.6 Å². The van der Waals surface area contributed by atoms with E-state index < -0.39 is 0 Å². The first-order valence-electron chi connectivity index (χ1n) is 7.07. The first kappa shape index (κ1) is 15.7. The summed E-state index contributed by atoms with van der Waals surface area (Å²) in [7, 11) is 0. The molecule has 0 bridgehead atoms. The van der Waals surface area contributed by atoms with Crippen LogP contribution in [0.25, 0.3) is 0 Å². The van der Waals surface area contributed by atoms with E-state index in [1.54, 1.807) is 6.92 Å². The van der Waals surface area contributed by atoms with E-state index in [1.165, 1.54) is 0 Å². The minimum absolute atomic E-state index is 0.115. The minimum atomic E-state index is 0.115. The number of benzene rings is 1. The fourth-order valence-electron chi connectivity index (χ4n) is 2.44. The Hall–Kier alpha value is -1.35. The van der Waals surface area contributed by atoms with Gasteiger partial charge in [0.2, 0.25) is 5.91 Å². The second-order valence-electron chi connectivity index (χ2n) is 4.94. The summed E-state index contributed by atoms with van der Waals surface area (Å²) in [6.07, 6.45) is 0. The molecule has 0 aliphatic carbocycles. The summed E-state index contributed by atoms with van der Waals surface area (Å²) in [5.74, 6) is 0.115. The first-order chi connectivity index (χ1) is 9.01. The van der Waals surface area contributed by atoms with Crippen LogP contribution in [0.4, 0.5) is 5.69 Å². The van der Waals surface area contributed by atoms with Crippen LogP contribution in [-0.4, -0.2) is 37.0 Å². The Balaban J connectivity index is 2.92. The van der Waals surface area contributed by atoms with Gasteiger partial charge in [-0.25, -0.2) is 0 Å². The van der Waals surface area contributed by atoms with Crippen molar-refractivity contribution in [3.63, 3.8) is 0 Å². The summed E-state index contributed by atoms with van der Waals surface area (Å²) in [5.41, 5.74) is 3.40. The highest BCUT2D eigenvalue weighted by atomic mass is 16.2. The van der Waals surface area contributed by atoms with Crippen molar-refractivity contribution in [3.05, 3.63) is 29.3 Å². The number of para-hydroxylation sites is 1. The number of rotatable bonds is 6. The van der Waals surface area contributed by atoms with Crippen LogP contribution < -0.4 is 4.90 Å². The maximum Gasteiger partial charge on any atom is 0.223 e. The lowest BCUT2D eigenvalue weighted by atomic mass is 10.1. The predicted octanol–water partition coefficient (Wildman–Crippen LogP) is 3.00. The molecule has 0 aliphatic heterocycles. The molecule has 0 atom stereocenters. The maximum atomic E-state index is 11.9. The summed E-state index contributed by atoms with van der Waals surface area (Å²) in [5, 5.41) is 0. The lowest BCUT2D eigenvalue weighted by Crippen LogP contribution is -2.38. The fraction of sp³-hybridized carbons (Fsp3) is 0.562. The van der Waals surface area contributed by atoms with Gasteiger partial charge >= 0.3 is 0 Å². The molecule has 3 nitrogen and oxygen atoms in total. The summed E-state index contributed by atoms with van der Waals surface area (Å²) >= 11 is 0. The monoisotopic (exact) mass is 262 g/mol. The van der Waals surface area contributed by atoms with E-state index in [1.807, 2.05) is 11.0 Å². The van der Waals surface area contributed by atoms with Crippen LogP contribution in [0.2, 0.25) is 0 Å². The Morgan fingerprint density at radius 1 is 1.05 bits per heavy atom. The molecule has 0 aromatic heterocycles. The third-order valence-electron chi connectivity index (χ3n) is 3.62. The highest BCUT2D eigenvalue weighted by Gasteiger charge is 2.16. The van der Waals surface area contributed by atoms with Gasteiger partial charge in [0, 0.05) is 25.7 Å². The lowest BCUT2D eigenvalue weighted by Gasteiger charge is -2.28. The zero-order valence-electron chi connectivity index (χ0n) is 12.9. The van der Waals surface area contributed by atoms with E-state index in [9.17, 15) is 4.79 Å². The van der Waals surface area contributed by atoms with Gasteiger partial charge in [-0.15, -0.1) is 0 Å². The molecule has 0 saturated heterocycles. The number of anilines is 1. The van der Waals surface area contributed by atoms with E-state index >= 15 is 0 Å². The number of amides is 1. The highest BCUT2D eigenvalue weighted by molar-refractivity contribution is 5.93. The second-order valence-corrected chi connectivity index (χ2v) is 4.94. The average Bonchev–Trinajstić information content (AvgIpc) is 2.36. The molecule has 0 heterocycles. The third kappa shape index (κ3) is 4.06. The molecule has 0 fully saturated rings. The number of carbonyl (C=O) groups is 1. The topological polar surface area (TPSA) is 23.6 Å². The van der Waals surface area contributed by atoms with Crippen molar-refractivity contribution in [2.75, 3.05) is 31.1 Å². The van der Waals surface area contributed by atoms with Crippen molar-refractivity contribution in [1.82, 2.24) is 4.90 Å². The molecule has 19 heavy (non-hydrogen) atoms. The van der Waals surface area contributed by atoms with Crippen LogP contribution in [0.1, 0.15) is 31.9 Å². The van der Waals surface area contributed by atoms with Crippen LogP contribution in [0.3, 0.4) is 0 Å². The van der Waals surface area contributed by atoms with Gasteiger partial charge in [0.25, 0.3) is 0 Å². The van der Waals surface area contributed by atoms with Crippen LogP contribution in [-0.2, 0) is 4.79 Å². The number of hydrogen-bond acceptors (Lipinski definition) is 2. The van der Waals surface area contributed by atoms with Gasteiger partial charge in [0.1, 0.15) is 0 Å². The van der Waals surface area contributed by atoms with Crippen molar-refractivity contribution in [2.24, 2.45) is 0 Å². The Labute approximate surface area is 117 Å². The number of hydrogen-bond donors (Lipinski definition) is 0. The van der Waals surface area contributed by atoms with E-state index in [0.717, 1.165) is 43.0 Å². The summed E-state index contributed by atoms with van der Waals surface area (Å²) in [4.78, 5) is 16.2. The summed E-state index contributed by atoms with van der Waals surface area (Å²) < 4.78 is 0. The Morgan fingerprint density at radius 2 is 1.58 bits per heavy atom. The van der Waals surface area contributed by atoms with Crippen LogP contribution in [0, 0.1) is 13.8 Å². The third-order valence-corrected chi connectivity index (χ3v) is 3.62. The molecule has 3 heteroatoms. The van der Waals surface area contributed by atoms with Gasteiger partial charge in [0.05, 0.1) is 0 Å². The zero-order chi connectivity index (χ0) is 14.4. The Bertz CT molecular complexity index is 405. The van der Waals surface area contributed by atoms with Crippen LogP contribution >= 0.6 is 0 Å². The van der Waals surface area contributed by atoms with Gasteiger partial charge in [0.15, 0.2) is 0 Å². The lowest BCUT2D eigenvalue weighted by molar-refractivity contribution is -0.116. The molecule has 0 aliphatic rings. The zero-order valence-corrected chi connectivity index (χ0v) is 12.9. The fourth-order valence-corrected chi connectivity index (χ4v) is 2.44. The Kier molecular flexibility index (Phi) is 6.03. The number of nitrogens with zero attached hydrogens (tertiary/aromatic N) is 2. The van der Waals surface area contributed by atoms with Crippen molar-refractivity contribution in [2.45, 2.75) is 34.6 Å². The van der Waals surface area contributed by atoms with Crippen LogP contribution in [0.5, 0.6) is 0 Å². The molecule has 0 saturated carbocycles. The number of aryl methyl sites for hydroxylation is 2. The average molecular weight is 262 g/mol. The standard InChI is InChI=1S/C16H26N2O/c1-6-17(7-2)11-12-18(15(5)19)16-13(3)9-8-10-14(16)4/h8-10H,6-7,11-12H2,1-5H3. The maximum absolute atomic E-state index is 11.9. The Morgan fingerprint density at radius 3 is 2.00 bits per heavy atom. The summed E-state index contributed by atoms with van der Waals surface area (Å²) in [6.45, 7) is 13.8. The molecule has 0 spiro atoms. The number of carbonyl (C=O) groups excluding carboxylic acids is 1. The molecule has 0 N–H and O–H groups in total. The van der Waals surface area contributed by atoms with Crippen LogP contribution in [0.15, 0.2) is 18.2 Å². The normalized spacial score (nSPS) is 10.8. The predicted molar refractivity (Wildman–Crippen MR) is 81.7 cm³/mol. The van der Waals surface area contributed by atoms with E-state index in [-0.39, 0.29) is 5.91 Å². The molecule has 0 radical (unpaired) electrons. The second kappa shape index (κ2) is 7.29. The molecular weight excluding hydrogens is 236 g/mol. The quantitative estimate of drug-likeness (QED) is 0.787. The number of likely N-dealkylation sites (N-methyl/N-ethyl adjacent to an activating group) is 1. The minimum Gasteiger partial charge on any atom is -0.311 e. The molecule has 106 valence electrons.